The number of piperazine rings is 1. The highest BCUT2D eigenvalue weighted by molar-refractivity contribution is 5.73. The molecule has 0 radical (unpaired) electrons. The first-order chi connectivity index (χ1) is 16.4. The Morgan fingerprint density at radius 3 is 2.35 bits per heavy atom. The Balaban J connectivity index is 1.23. The van der Waals surface area contributed by atoms with Crippen molar-refractivity contribution in [3.05, 3.63) is 47.9 Å². The Labute approximate surface area is 203 Å². The van der Waals surface area contributed by atoms with Gasteiger partial charge in [-0.25, -0.2) is 14.2 Å². The average molecular weight is 468 g/mol. The smallest absolute Gasteiger partial charge is 0.317 e. The second-order valence-corrected chi connectivity index (χ2v) is 10.0. The van der Waals surface area contributed by atoms with Gasteiger partial charge in [-0.05, 0) is 86.9 Å². The Morgan fingerprint density at radius 1 is 1.03 bits per heavy atom. The molecule has 2 amide bonds. The van der Waals surface area contributed by atoms with Gasteiger partial charge in [0.1, 0.15) is 11.6 Å². The van der Waals surface area contributed by atoms with E-state index in [9.17, 15) is 9.18 Å². The van der Waals surface area contributed by atoms with Gasteiger partial charge in [0.05, 0.1) is 0 Å². The summed E-state index contributed by atoms with van der Waals surface area (Å²) in [6.45, 7) is 7.22. The second kappa shape index (κ2) is 11.2. The van der Waals surface area contributed by atoms with E-state index < -0.39 is 0 Å². The van der Waals surface area contributed by atoms with E-state index in [2.05, 4.69) is 27.2 Å². The van der Waals surface area contributed by atoms with E-state index in [4.69, 9.17) is 4.98 Å². The number of urea groups is 1. The molecule has 0 unspecified atom stereocenters. The number of carbonyl (C=O) groups excluding carboxylic acids is 1. The van der Waals surface area contributed by atoms with Crippen LogP contribution in [0.3, 0.4) is 0 Å². The van der Waals surface area contributed by atoms with Crippen molar-refractivity contribution in [3.8, 4) is 11.1 Å². The summed E-state index contributed by atoms with van der Waals surface area (Å²) >= 11 is 0. The van der Waals surface area contributed by atoms with E-state index in [0.29, 0.717) is 6.04 Å². The summed E-state index contributed by atoms with van der Waals surface area (Å²) < 4.78 is 13.3. The summed E-state index contributed by atoms with van der Waals surface area (Å²) in [5.74, 6) is 1.56. The maximum atomic E-state index is 13.3. The van der Waals surface area contributed by atoms with Crippen molar-refractivity contribution in [2.75, 3.05) is 51.7 Å². The summed E-state index contributed by atoms with van der Waals surface area (Å²) in [6, 6.07) is 11.2. The number of aromatic nitrogens is 1. The molecule has 0 spiro atoms. The predicted molar refractivity (Wildman–Crippen MR) is 136 cm³/mol. The Morgan fingerprint density at radius 2 is 1.71 bits per heavy atom. The van der Waals surface area contributed by atoms with Gasteiger partial charge in [0.15, 0.2) is 0 Å². The summed E-state index contributed by atoms with van der Waals surface area (Å²) in [5, 5.41) is 3.13. The van der Waals surface area contributed by atoms with Crippen molar-refractivity contribution in [1.82, 2.24) is 20.1 Å². The number of halogens is 1. The third kappa shape index (κ3) is 6.47. The maximum Gasteiger partial charge on any atom is 0.317 e. The van der Waals surface area contributed by atoms with Gasteiger partial charge in [0.2, 0.25) is 0 Å². The van der Waals surface area contributed by atoms with Crippen LogP contribution in [0.5, 0.6) is 0 Å². The van der Waals surface area contributed by atoms with E-state index in [-0.39, 0.29) is 11.8 Å². The van der Waals surface area contributed by atoms with E-state index in [1.807, 2.05) is 19.1 Å². The molecule has 1 aliphatic heterocycles. The number of nitrogens with zero attached hydrogens (tertiary/aromatic N) is 4. The van der Waals surface area contributed by atoms with E-state index in [1.54, 1.807) is 19.0 Å². The molecule has 0 bridgehead atoms. The van der Waals surface area contributed by atoms with Gasteiger partial charge in [-0.2, -0.15) is 0 Å². The third-order valence-electron chi connectivity index (χ3n) is 7.25. The van der Waals surface area contributed by atoms with Gasteiger partial charge in [-0.15, -0.1) is 0 Å². The van der Waals surface area contributed by atoms with E-state index in [0.717, 1.165) is 74.1 Å². The Bertz CT molecular complexity index is 948. The monoisotopic (exact) mass is 467 g/mol. The lowest BCUT2D eigenvalue weighted by atomic mass is 9.84. The zero-order chi connectivity index (χ0) is 24.1. The summed E-state index contributed by atoms with van der Waals surface area (Å²) in [5.41, 5.74) is 3.08. The van der Waals surface area contributed by atoms with E-state index in [1.165, 1.54) is 31.4 Å². The standard InChI is InChI=1S/C27H38FN5O/c1-20-18-23(22-6-8-24(28)9-7-22)19-26(29-20)33-16-14-32(15-17-33)13-12-21-4-10-25(11-5-21)30-27(34)31(2)3/h6-9,18-19,21,25H,4-5,10-17H2,1-3H3,(H,30,34)/t21-,25-. The Kier molecular flexibility index (Phi) is 8.03. The first-order valence-corrected chi connectivity index (χ1v) is 12.6. The first kappa shape index (κ1) is 24.5. The molecule has 184 valence electrons. The topological polar surface area (TPSA) is 51.7 Å². The number of hydrogen-bond acceptors (Lipinski definition) is 4. The molecular formula is C27H38FN5O. The molecule has 34 heavy (non-hydrogen) atoms. The molecule has 2 fully saturated rings. The average Bonchev–Trinajstić information content (AvgIpc) is 2.84. The highest BCUT2D eigenvalue weighted by Gasteiger charge is 2.24. The fourth-order valence-electron chi connectivity index (χ4n) is 5.09. The number of aryl methyl sites for hydroxylation is 1. The number of nitrogens with one attached hydrogen (secondary N) is 1. The fraction of sp³-hybridized carbons (Fsp3) is 0.556. The van der Waals surface area contributed by atoms with Gasteiger partial charge in [0, 0.05) is 52.0 Å². The van der Waals surface area contributed by atoms with Crippen molar-refractivity contribution in [2.45, 2.75) is 45.1 Å². The van der Waals surface area contributed by atoms with Gasteiger partial charge in [-0.1, -0.05) is 12.1 Å². The minimum absolute atomic E-state index is 0.0224. The van der Waals surface area contributed by atoms with Crippen molar-refractivity contribution in [2.24, 2.45) is 5.92 Å². The minimum atomic E-state index is -0.213. The van der Waals surface area contributed by atoms with Crippen LogP contribution in [0.25, 0.3) is 11.1 Å². The van der Waals surface area contributed by atoms with Gasteiger partial charge >= 0.3 is 6.03 Å². The highest BCUT2D eigenvalue weighted by atomic mass is 19.1. The molecule has 2 aliphatic rings. The van der Waals surface area contributed by atoms with Crippen LogP contribution in [-0.2, 0) is 0 Å². The third-order valence-corrected chi connectivity index (χ3v) is 7.25. The molecule has 1 aromatic carbocycles. The molecule has 1 N–H and O–H groups in total. The number of anilines is 1. The molecule has 1 aliphatic carbocycles. The van der Waals surface area contributed by atoms with Crippen LogP contribution in [0.4, 0.5) is 15.0 Å². The molecule has 4 rings (SSSR count). The van der Waals surface area contributed by atoms with Crippen LogP contribution < -0.4 is 10.2 Å². The van der Waals surface area contributed by atoms with Gasteiger partial charge in [-0.3, -0.25) is 4.90 Å². The molecule has 7 heteroatoms. The molecular weight excluding hydrogens is 429 g/mol. The molecule has 0 atom stereocenters. The van der Waals surface area contributed by atoms with Crippen LogP contribution in [0, 0.1) is 18.7 Å². The lowest BCUT2D eigenvalue weighted by Gasteiger charge is -2.37. The minimum Gasteiger partial charge on any atom is -0.354 e. The molecule has 2 aromatic rings. The fourth-order valence-corrected chi connectivity index (χ4v) is 5.09. The molecule has 1 saturated heterocycles. The van der Waals surface area contributed by atoms with E-state index >= 15 is 0 Å². The number of carbonyl (C=O) groups is 1. The second-order valence-electron chi connectivity index (χ2n) is 10.0. The predicted octanol–water partition coefficient (Wildman–Crippen LogP) is 4.54. The van der Waals surface area contributed by atoms with Crippen LogP contribution in [-0.4, -0.2) is 73.7 Å². The van der Waals surface area contributed by atoms with Crippen LogP contribution in [0.1, 0.15) is 37.8 Å². The number of benzene rings is 1. The van der Waals surface area contributed by atoms with Crippen molar-refractivity contribution in [3.63, 3.8) is 0 Å². The molecule has 1 aromatic heterocycles. The normalized spacial score (nSPS) is 21.4. The van der Waals surface area contributed by atoms with Crippen molar-refractivity contribution in [1.29, 1.82) is 0 Å². The highest BCUT2D eigenvalue weighted by Crippen LogP contribution is 2.28. The molecule has 6 nitrogen and oxygen atoms in total. The summed E-state index contributed by atoms with van der Waals surface area (Å²) in [4.78, 5) is 23.2. The van der Waals surface area contributed by atoms with Crippen LogP contribution in [0.2, 0.25) is 0 Å². The number of amides is 2. The molecule has 1 saturated carbocycles. The summed E-state index contributed by atoms with van der Waals surface area (Å²) in [7, 11) is 3.58. The zero-order valence-electron chi connectivity index (χ0n) is 20.8. The van der Waals surface area contributed by atoms with Gasteiger partial charge < -0.3 is 15.1 Å². The number of pyridine rings is 1. The first-order valence-electron chi connectivity index (χ1n) is 12.6. The van der Waals surface area contributed by atoms with Crippen LogP contribution >= 0.6 is 0 Å². The molecule has 2 heterocycles. The lowest BCUT2D eigenvalue weighted by molar-refractivity contribution is 0.194. The number of hydrogen-bond donors (Lipinski definition) is 1. The van der Waals surface area contributed by atoms with Crippen molar-refractivity contribution >= 4 is 11.8 Å². The van der Waals surface area contributed by atoms with Crippen molar-refractivity contribution < 1.29 is 9.18 Å². The quantitative estimate of drug-likeness (QED) is 0.678. The van der Waals surface area contributed by atoms with Crippen LogP contribution in [0.15, 0.2) is 36.4 Å². The maximum absolute atomic E-state index is 13.3. The lowest BCUT2D eigenvalue weighted by Crippen LogP contribution is -2.47. The van der Waals surface area contributed by atoms with Gasteiger partial charge in [0.25, 0.3) is 0 Å². The SMILES string of the molecule is Cc1cc(-c2ccc(F)cc2)cc(N2CCN(CC[C@H]3CC[C@H](NC(=O)N(C)C)CC3)CC2)n1. The summed E-state index contributed by atoms with van der Waals surface area (Å²) in [6.07, 6.45) is 5.84. The zero-order valence-corrected chi connectivity index (χ0v) is 20.8. The number of rotatable bonds is 6. The Hall–Kier alpha value is -2.67. The largest absolute Gasteiger partial charge is 0.354 e.